The fraction of sp³-hybridized carbons (Fsp3) is 0.158. The average molecular weight is 540 g/mol. The number of fused-ring (bicyclic) bond motifs is 1. The van der Waals surface area contributed by atoms with Crippen LogP contribution in [0.15, 0.2) is 52.9 Å². The van der Waals surface area contributed by atoms with Crippen LogP contribution in [0, 0.1) is 5.82 Å². The molecule has 2 aromatic carbocycles. The van der Waals surface area contributed by atoms with Crippen LogP contribution in [0.5, 0.6) is 5.75 Å². The first kappa shape index (κ1) is 25.5. The minimum atomic E-state index is -5.08. The number of aliphatic carboxylic acids is 1. The molecule has 0 radical (unpaired) electrons. The van der Waals surface area contributed by atoms with E-state index in [0.29, 0.717) is 30.3 Å². The molecule has 1 aliphatic heterocycles. The van der Waals surface area contributed by atoms with Gasteiger partial charge < -0.3 is 14.7 Å². The number of nitrogens with one attached hydrogen (secondary N) is 1. The summed E-state index contributed by atoms with van der Waals surface area (Å²) in [6.07, 6.45) is -3.57. The Balaban J connectivity index is 0.000000406. The molecule has 0 amide bonds. The second kappa shape index (κ2) is 10.0. The summed E-state index contributed by atoms with van der Waals surface area (Å²) in [6.45, 7) is 0.832. The molecular formula is C19H14ClF4N3O5S2. The Kier molecular flexibility index (Phi) is 7.53. The lowest BCUT2D eigenvalue weighted by molar-refractivity contribution is -0.192. The van der Waals surface area contributed by atoms with E-state index in [2.05, 4.69) is 9.71 Å². The van der Waals surface area contributed by atoms with Gasteiger partial charge >= 0.3 is 12.1 Å². The van der Waals surface area contributed by atoms with Crippen molar-refractivity contribution in [1.82, 2.24) is 4.98 Å². The van der Waals surface area contributed by atoms with Gasteiger partial charge in [-0.3, -0.25) is 4.72 Å². The summed E-state index contributed by atoms with van der Waals surface area (Å²) < 4.78 is 78.7. The Hall–Kier alpha value is -3.10. The number of sulfonamides is 1. The molecule has 2 heterocycles. The predicted molar refractivity (Wildman–Crippen MR) is 117 cm³/mol. The van der Waals surface area contributed by atoms with E-state index in [1.807, 2.05) is 4.90 Å². The number of anilines is 3. The molecule has 8 nitrogen and oxygen atoms in total. The second-order valence-electron chi connectivity index (χ2n) is 6.47. The number of rotatable bonds is 4. The fourth-order valence-electron chi connectivity index (χ4n) is 2.74. The van der Waals surface area contributed by atoms with Gasteiger partial charge in [0.1, 0.15) is 18.2 Å². The van der Waals surface area contributed by atoms with Crippen molar-refractivity contribution >= 4 is 55.4 Å². The molecule has 0 fully saturated rings. The van der Waals surface area contributed by atoms with Crippen molar-refractivity contribution in [3.63, 3.8) is 0 Å². The number of nitrogens with zero attached hydrogens (tertiary/aromatic N) is 2. The number of hydrogen-bond donors (Lipinski definition) is 2. The lowest BCUT2D eigenvalue weighted by Gasteiger charge is -2.31. The molecular weight excluding hydrogens is 526 g/mol. The van der Waals surface area contributed by atoms with Gasteiger partial charge in [-0.05, 0) is 30.3 Å². The summed E-state index contributed by atoms with van der Waals surface area (Å²) in [4.78, 5) is 14.7. The number of carboxylic acid groups (broad SMARTS) is 1. The van der Waals surface area contributed by atoms with Crippen LogP contribution in [0.3, 0.4) is 0 Å². The fourth-order valence-corrected chi connectivity index (χ4v) is 4.66. The van der Waals surface area contributed by atoms with Gasteiger partial charge in [-0.25, -0.2) is 22.6 Å². The van der Waals surface area contributed by atoms with Crippen LogP contribution in [0.25, 0.3) is 0 Å². The number of halogens is 5. The van der Waals surface area contributed by atoms with E-state index in [1.54, 1.807) is 17.5 Å². The maximum absolute atomic E-state index is 13.8. The number of carboxylic acids is 1. The number of thiazole rings is 1. The normalized spacial score (nSPS) is 13.3. The minimum absolute atomic E-state index is 0.0435. The number of carbonyl (C=O) groups is 1. The van der Waals surface area contributed by atoms with E-state index in [-0.39, 0.29) is 15.0 Å². The molecule has 0 atom stereocenters. The first-order valence-corrected chi connectivity index (χ1v) is 11.8. The summed E-state index contributed by atoms with van der Waals surface area (Å²) in [6, 6.07) is 9.09. The summed E-state index contributed by atoms with van der Waals surface area (Å²) in [5.74, 6) is -2.87. The summed E-state index contributed by atoms with van der Waals surface area (Å²) in [5.41, 5.74) is 1.26. The Labute approximate surface area is 199 Å². The van der Waals surface area contributed by atoms with Crippen LogP contribution in [0.1, 0.15) is 0 Å². The number of ether oxygens (including phenoxy) is 1. The molecule has 0 aliphatic carbocycles. The topological polar surface area (TPSA) is 109 Å². The SMILES string of the molecule is O=C(O)C(F)(F)F.O=S(=O)(Nc1nccs1)c1ccc2c(c1)OCCN2c1ccc(Cl)c(F)c1. The molecule has 0 saturated heterocycles. The molecule has 1 aliphatic rings. The summed E-state index contributed by atoms with van der Waals surface area (Å²) >= 11 is 6.94. The van der Waals surface area contributed by atoms with Crippen molar-refractivity contribution < 1.29 is 40.6 Å². The van der Waals surface area contributed by atoms with Gasteiger partial charge in [0, 0.05) is 23.3 Å². The van der Waals surface area contributed by atoms with Crippen LogP contribution in [-0.4, -0.2) is 43.8 Å². The minimum Gasteiger partial charge on any atom is -0.489 e. The zero-order valence-electron chi connectivity index (χ0n) is 16.7. The largest absolute Gasteiger partial charge is 0.490 e. The van der Waals surface area contributed by atoms with Gasteiger partial charge in [0.2, 0.25) is 0 Å². The predicted octanol–water partition coefficient (Wildman–Crippen LogP) is 4.90. The van der Waals surface area contributed by atoms with Crippen LogP contribution < -0.4 is 14.4 Å². The molecule has 0 saturated carbocycles. The third-order valence-electron chi connectivity index (χ3n) is 4.22. The van der Waals surface area contributed by atoms with Crippen molar-refractivity contribution in [3.8, 4) is 5.75 Å². The highest BCUT2D eigenvalue weighted by Gasteiger charge is 2.38. The molecule has 1 aromatic heterocycles. The first-order chi connectivity index (χ1) is 15.9. The third-order valence-corrected chi connectivity index (χ3v) is 6.68. The highest BCUT2D eigenvalue weighted by atomic mass is 35.5. The zero-order chi connectivity index (χ0) is 25.1. The van der Waals surface area contributed by atoms with Gasteiger partial charge in [0.25, 0.3) is 10.0 Å². The van der Waals surface area contributed by atoms with Crippen molar-refractivity contribution in [2.24, 2.45) is 0 Å². The Morgan fingerprint density at radius 2 is 1.94 bits per heavy atom. The van der Waals surface area contributed by atoms with Crippen LogP contribution >= 0.6 is 22.9 Å². The zero-order valence-corrected chi connectivity index (χ0v) is 19.1. The summed E-state index contributed by atoms with van der Waals surface area (Å²) in [5, 5.41) is 9.13. The van der Waals surface area contributed by atoms with E-state index < -0.39 is 28.0 Å². The molecule has 2 N–H and O–H groups in total. The van der Waals surface area contributed by atoms with E-state index in [9.17, 15) is 26.0 Å². The van der Waals surface area contributed by atoms with Crippen LogP contribution in [-0.2, 0) is 14.8 Å². The lowest BCUT2D eigenvalue weighted by Crippen LogP contribution is -2.29. The van der Waals surface area contributed by atoms with Crippen LogP contribution in [0.2, 0.25) is 5.02 Å². The number of benzene rings is 2. The lowest BCUT2D eigenvalue weighted by atomic mass is 10.2. The molecule has 4 rings (SSSR count). The van der Waals surface area contributed by atoms with Gasteiger partial charge in [0.15, 0.2) is 5.13 Å². The summed E-state index contributed by atoms with van der Waals surface area (Å²) in [7, 11) is -3.79. The van der Waals surface area contributed by atoms with Gasteiger partial charge in [-0.15, -0.1) is 11.3 Å². The average Bonchev–Trinajstić information content (AvgIpc) is 3.27. The maximum Gasteiger partial charge on any atom is 0.490 e. The molecule has 15 heteroatoms. The van der Waals surface area contributed by atoms with Crippen LogP contribution in [0.4, 0.5) is 34.1 Å². The van der Waals surface area contributed by atoms with E-state index in [0.717, 1.165) is 0 Å². The van der Waals surface area contributed by atoms with E-state index in [1.165, 1.54) is 41.8 Å². The molecule has 3 aromatic rings. The smallest absolute Gasteiger partial charge is 0.489 e. The number of hydrogen-bond acceptors (Lipinski definition) is 7. The van der Waals surface area contributed by atoms with E-state index >= 15 is 0 Å². The molecule has 34 heavy (non-hydrogen) atoms. The molecule has 182 valence electrons. The monoisotopic (exact) mass is 539 g/mol. The maximum atomic E-state index is 13.8. The Morgan fingerprint density at radius 1 is 1.24 bits per heavy atom. The highest BCUT2D eigenvalue weighted by Crippen LogP contribution is 2.39. The highest BCUT2D eigenvalue weighted by molar-refractivity contribution is 7.93. The third kappa shape index (κ3) is 6.07. The van der Waals surface area contributed by atoms with Crippen molar-refractivity contribution in [3.05, 3.63) is 58.8 Å². The van der Waals surface area contributed by atoms with Crippen molar-refractivity contribution in [2.75, 3.05) is 22.8 Å². The molecule has 0 unspecified atom stereocenters. The van der Waals surface area contributed by atoms with Gasteiger partial charge in [-0.1, -0.05) is 11.6 Å². The standard InChI is InChI=1S/C17H13ClFN3O3S2.C2HF3O2/c18-13-3-1-11(9-14(13)19)22-6-7-25-16-10-12(2-4-15(16)22)27(23,24)21-17-20-5-8-26-17;3-2(4,5)1(6)7/h1-5,8-10H,6-7H2,(H,20,21);(H,6,7). The number of alkyl halides is 3. The Bertz CT molecular complexity index is 1290. The molecule has 0 bridgehead atoms. The Morgan fingerprint density at radius 3 is 2.53 bits per heavy atom. The van der Waals surface area contributed by atoms with Gasteiger partial charge in [0.05, 0.1) is 22.2 Å². The first-order valence-electron chi connectivity index (χ1n) is 9.10. The van der Waals surface area contributed by atoms with Gasteiger partial charge in [-0.2, -0.15) is 13.2 Å². The molecule has 0 spiro atoms. The van der Waals surface area contributed by atoms with Crippen molar-refractivity contribution in [2.45, 2.75) is 11.1 Å². The van der Waals surface area contributed by atoms with E-state index in [4.69, 9.17) is 26.2 Å². The number of aromatic nitrogens is 1. The quantitative estimate of drug-likeness (QED) is 0.454. The second-order valence-corrected chi connectivity index (χ2v) is 9.46. The van der Waals surface area contributed by atoms with Crippen molar-refractivity contribution in [1.29, 1.82) is 0 Å².